The Balaban J connectivity index is 0.000000454. The SMILES string of the molecule is C=C.CN.Cc1nc(/C=C/C=O)cs1.FC(F)(F)CN=C1CCC2=C(CCN(CCC3CCCCC3)CC2)N1. The lowest BCUT2D eigenvalue weighted by Crippen LogP contribution is -2.31. The Bertz CT molecular complexity index is 920. The summed E-state index contributed by atoms with van der Waals surface area (Å²) < 4.78 is 37.0. The van der Waals surface area contributed by atoms with Crippen LogP contribution in [0.25, 0.3) is 6.08 Å². The molecule has 0 amide bonds. The molecular weight excluding hydrogens is 523 g/mol. The van der Waals surface area contributed by atoms with E-state index < -0.39 is 12.7 Å². The van der Waals surface area contributed by atoms with E-state index in [1.54, 1.807) is 17.4 Å². The van der Waals surface area contributed by atoms with Crippen LogP contribution in [0.5, 0.6) is 0 Å². The van der Waals surface area contributed by atoms with Gasteiger partial charge in [0.25, 0.3) is 0 Å². The third-order valence-electron chi connectivity index (χ3n) is 6.80. The monoisotopic (exact) mass is 569 g/mol. The van der Waals surface area contributed by atoms with Crippen LogP contribution in [0.3, 0.4) is 0 Å². The zero-order chi connectivity index (χ0) is 29.1. The number of nitrogens with zero attached hydrogens (tertiary/aromatic N) is 3. The van der Waals surface area contributed by atoms with Crippen LogP contribution >= 0.6 is 11.3 Å². The summed E-state index contributed by atoms with van der Waals surface area (Å²) in [5.41, 5.74) is 7.88. The van der Waals surface area contributed by atoms with E-state index in [1.165, 1.54) is 63.8 Å². The topological polar surface area (TPSA) is 83.6 Å². The van der Waals surface area contributed by atoms with Gasteiger partial charge in [0.05, 0.1) is 10.7 Å². The van der Waals surface area contributed by atoms with Crippen LogP contribution < -0.4 is 11.1 Å². The van der Waals surface area contributed by atoms with Gasteiger partial charge in [-0.2, -0.15) is 13.2 Å². The van der Waals surface area contributed by atoms with E-state index in [9.17, 15) is 18.0 Å². The molecule has 0 unspecified atom stereocenters. The number of aromatic nitrogens is 1. The van der Waals surface area contributed by atoms with E-state index in [-0.39, 0.29) is 0 Å². The van der Waals surface area contributed by atoms with Crippen molar-refractivity contribution in [1.82, 2.24) is 15.2 Å². The highest BCUT2D eigenvalue weighted by Gasteiger charge is 2.28. The number of carbonyl (C=O) groups is 1. The lowest BCUT2D eigenvalue weighted by molar-refractivity contribution is -0.118. The molecule has 1 saturated carbocycles. The smallest absolute Gasteiger partial charge is 0.348 e. The molecule has 39 heavy (non-hydrogen) atoms. The van der Waals surface area contributed by atoms with Crippen molar-refractivity contribution in [3.8, 4) is 0 Å². The summed E-state index contributed by atoms with van der Waals surface area (Å²) in [6.07, 6.45) is 11.3. The molecule has 220 valence electrons. The number of aliphatic imine (C=N–C) groups is 1. The van der Waals surface area contributed by atoms with Crippen molar-refractivity contribution in [2.24, 2.45) is 16.6 Å². The molecule has 0 bridgehead atoms. The van der Waals surface area contributed by atoms with E-state index in [0.29, 0.717) is 12.3 Å². The van der Waals surface area contributed by atoms with Gasteiger partial charge in [0.2, 0.25) is 0 Å². The molecule has 4 rings (SSSR count). The lowest BCUT2D eigenvalue weighted by atomic mass is 9.87. The fourth-order valence-electron chi connectivity index (χ4n) is 4.90. The highest BCUT2D eigenvalue weighted by molar-refractivity contribution is 7.09. The normalized spacial score (nSPS) is 19.4. The van der Waals surface area contributed by atoms with Crippen molar-refractivity contribution in [2.75, 3.05) is 33.2 Å². The first-order valence-electron chi connectivity index (χ1n) is 13.7. The number of aryl methyl sites for hydroxylation is 1. The maximum Gasteiger partial charge on any atom is 0.408 e. The first kappa shape index (κ1) is 34.7. The van der Waals surface area contributed by atoms with Gasteiger partial charge in [-0.1, -0.05) is 32.1 Å². The number of alkyl halides is 3. The highest BCUT2D eigenvalue weighted by Crippen LogP contribution is 2.28. The average molecular weight is 570 g/mol. The van der Waals surface area contributed by atoms with E-state index in [0.717, 1.165) is 61.0 Å². The van der Waals surface area contributed by atoms with Crippen molar-refractivity contribution in [1.29, 1.82) is 0 Å². The van der Waals surface area contributed by atoms with Gasteiger partial charge >= 0.3 is 6.18 Å². The van der Waals surface area contributed by atoms with Gasteiger partial charge in [-0.05, 0) is 63.4 Å². The standard InChI is InChI=1S/C19H30F3N3.C7H7NOS.C2H4.CH5N/c20-19(21,22)14-23-18-7-6-16-9-12-25(13-10-17(16)24-18)11-8-15-4-2-1-3-5-15;1-6-8-7(5-10-6)3-2-4-9;2*1-2/h15H,1-14H2,(H,23,24);2-5H,1H3;1-2H2;2H2,1H3/b;3-2+;;. The van der Waals surface area contributed by atoms with Crippen molar-refractivity contribution >= 4 is 29.5 Å². The van der Waals surface area contributed by atoms with Gasteiger partial charge in [0.1, 0.15) is 18.7 Å². The van der Waals surface area contributed by atoms with Crippen LogP contribution in [0.1, 0.15) is 74.9 Å². The Morgan fingerprint density at radius 3 is 2.46 bits per heavy atom. The number of carbonyl (C=O) groups excluding carboxylic acids is 1. The number of aldehydes is 1. The third kappa shape index (κ3) is 14.6. The maximum absolute atomic E-state index is 12.3. The summed E-state index contributed by atoms with van der Waals surface area (Å²) >= 11 is 1.58. The molecule has 3 heterocycles. The number of allylic oxidation sites excluding steroid dienone is 1. The molecule has 0 spiro atoms. The van der Waals surface area contributed by atoms with Crippen LogP contribution in [-0.4, -0.2) is 61.4 Å². The number of halogens is 3. The molecular formula is C29H46F3N5OS. The molecule has 1 aromatic heterocycles. The predicted molar refractivity (Wildman–Crippen MR) is 158 cm³/mol. The Hall–Kier alpha value is -2.30. The first-order chi connectivity index (χ1) is 18.8. The van der Waals surface area contributed by atoms with Gasteiger partial charge in [-0.3, -0.25) is 9.79 Å². The zero-order valence-electron chi connectivity index (χ0n) is 23.6. The molecule has 1 aromatic rings. The molecule has 0 radical (unpaired) electrons. The van der Waals surface area contributed by atoms with Crippen LogP contribution in [0.2, 0.25) is 0 Å². The number of thiazole rings is 1. The molecule has 10 heteroatoms. The van der Waals surface area contributed by atoms with Gasteiger partial charge in [0.15, 0.2) is 0 Å². The van der Waals surface area contributed by atoms with Crippen LogP contribution in [0, 0.1) is 12.8 Å². The molecule has 2 aliphatic heterocycles. The number of hydrogen-bond acceptors (Lipinski definition) is 6. The quantitative estimate of drug-likeness (QED) is 0.227. The fourth-order valence-corrected chi connectivity index (χ4v) is 5.48. The van der Waals surface area contributed by atoms with E-state index >= 15 is 0 Å². The molecule has 0 atom stereocenters. The van der Waals surface area contributed by atoms with Crippen molar-refractivity contribution < 1.29 is 18.0 Å². The zero-order valence-corrected chi connectivity index (χ0v) is 24.4. The summed E-state index contributed by atoms with van der Waals surface area (Å²) in [6, 6.07) is 0. The minimum Gasteiger partial charge on any atom is -0.348 e. The van der Waals surface area contributed by atoms with Gasteiger partial charge in [0, 0.05) is 37.0 Å². The second-order valence-electron chi connectivity index (χ2n) is 9.51. The molecule has 3 aliphatic rings. The second-order valence-corrected chi connectivity index (χ2v) is 10.6. The third-order valence-corrected chi connectivity index (χ3v) is 7.59. The van der Waals surface area contributed by atoms with E-state index in [4.69, 9.17) is 0 Å². The molecule has 6 nitrogen and oxygen atoms in total. The minimum atomic E-state index is -4.22. The van der Waals surface area contributed by atoms with Crippen LogP contribution in [0.15, 0.2) is 40.9 Å². The van der Waals surface area contributed by atoms with Gasteiger partial charge in [-0.15, -0.1) is 24.5 Å². The number of hydrogen-bond donors (Lipinski definition) is 2. The maximum atomic E-state index is 12.3. The van der Waals surface area contributed by atoms with Crippen LogP contribution in [-0.2, 0) is 4.79 Å². The van der Waals surface area contributed by atoms with Gasteiger partial charge in [-0.25, -0.2) is 4.98 Å². The Kier molecular flexibility index (Phi) is 17.6. The van der Waals surface area contributed by atoms with Crippen molar-refractivity contribution in [2.45, 2.75) is 77.3 Å². The summed E-state index contributed by atoms with van der Waals surface area (Å²) in [4.78, 5) is 20.3. The fraction of sp³-hybridized carbons (Fsp3) is 0.621. The number of nitrogens with one attached hydrogen (secondary N) is 1. The predicted octanol–water partition coefficient (Wildman–Crippen LogP) is 6.69. The largest absolute Gasteiger partial charge is 0.408 e. The molecule has 0 aromatic carbocycles. The van der Waals surface area contributed by atoms with E-state index in [1.807, 2.05) is 12.3 Å². The second kappa shape index (κ2) is 19.7. The summed E-state index contributed by atoms with van der Waals surface area (Å²) in [5, 5.41) is 6.13. The summed E-state index contributed by atoms with van der Waals surface area (Å²) in [7, 11) is 1.50. The summed E-state index contributed by atoms with van der Waals surface area (Å²) in [5.74, 6) is 1.41. The van der Waals surface area contributed by atoms with Crippen molar-refractivity contribution in [3.05, 3.63) is 46.6 Å². The molecule has 1 aliphatic carbocycles. The first-order valence-corrected chi connectivity index (χ1v) is 14.6. The van der Waals surface area contributed by atoms with Crippen LogP contribution in [0.4, 0.5) is 13.2 Å². The number of rotatable bonds is 6. The molecule has 1 fully saturated rings. The van der Waals surface area contributed by atoms with Crippen molar-refractivity contribution in [3.63, 3.8) is 0 Å². The average Bonchev–Trinajstić information content (AvgIpc) is 3.27. The Labute approximate surface area is 236 Å². The number of nitrogens with two attached hydrogens (primary N) is 1. The minimum absolute atomic E-state index is 0.506. The Morgan fingerprint density at radius 2 is 1.85 bits per heavy atom. The number of amidine groups is 1. The van der Waals surface area contributed by atoms with Gasteiger partial charge < -0.3 is 16.0 Å². The summed E-state index contributed by atoms with van der Waals surface area (Å²) in [6.45, 7) is 10.1. The lowest BCUT2D eigenvalue weighted by Gasteiger charge is -2.26. The van der Waals surface area contributed by atoms with E-state index in [2.05, 4.69) is 39.1 Å². The highest BCUT2D eigenvalue weighted by atomic mass is 32.1. The Morgan fingerprint density at radius 1 is 1.15 bits per heavy atom. The molecule has 0 saturated heterocycles. The molecule has 3 N–H and O–H groups in total.